The number of aliphatic hydroxyl groups is 1. The lowest BCUT2D eigenvalue weighted by Gasteiger charge is -2.31. The summed E-state index contributed by atoms with van der Waals surface area (Å²) >= 11 is 0. The van der Waals surface area contributed by atoms with Crippen LogP contribution in [-0.4, -0.2) is 31.4 Å². The van der Waals surface area contributed by atoms with Crippen LogP contribution < -0.4 is 4.72 Å². The van der Waals surface area contributed by atoms with Gasteiger partial charge in [0.1, 0.15) is 0 Å². The zero-order chi connectivity index (χ0) is 12.7. The lowest BCUT2D eigenvalue weighted by Crippen LogP contribution is -2.47. The summed E-state index contributed by atoms with van der Waals surface area (Å²) in [6, 6.07) is 0. The van der Waals surface area contributed by atoms with Gasteiger partial charge >= 0.3 is 0 Å². The predicted octanol–water partition coefficient (Wildman–Crippen LogP) is 1.65. The quantitative estimate of drug-likeness (QED) is 0.612. The molecule has 0 aromatic carbocycles. The van der Waals surface area contributed by atoms with E-state index in [4.69, 9.17) is 5.11 Å². The molecule has 0 aromatic heterocycles. The Bertz CT molecular complexity index is 263. The molecule has 0 fully saturated rings. The van der Waals surface area contributed by atoms with E-state index < -0.39 is 10.0 Å². The van der Waals surface area contributed by atoms with Crippen molar-refractivity contribution >= 4 is 10.0 Å². The summed E-state index contributed by atoms with van der Waals surface area (Å²) in [5.41, 5.74) is -0.294. The van der Waals surface area contributed by atoms with Crippen molar-refractivity contribution in [1.82, 2.24) is 4.72 Å². The Hall–Kier alpha value is -0.130. The number of rotatable bonds is 9. The first-order chi connectivity index (χ1) is 7.45. The third-order valence-electron chi connectivity index (χ3n) is 3.22. The molecule has 0 spiro atoms. The van der Waals surface area contributed by atoms with Crippen LogP contribution in [0.1, 0.15) is 52.9 Å². The molecule has 0 unspecified atom stereocenters. The van der Waals surface area contributed by atoms with Crippen LogP contribution in [0.2, 0.25) is 0 Å². The van der Waals surface area contributed by atoms with E-state index in [0.29, 0.717) is 12.8 Å². The van der Waals surface area contributed by atoms with Crippen molar-refractivity contribution in [1.29, 1.82) is 0 Å². The summed E-state index contributed by atoms with van der Waals surface area (Å²) in [6.07, 6.45) is 3.47. The predicted molar refractivity (Wildman–Crippen MR) is 66.8 cm³/mol. The summed E-state index contributed by atoms with van der Waals surface area (Å²) in [6.45, 7) is 6.06. The fourth-order valence-corrected chi connectivity index (χ4v) is 3.53. The first-order valence-electron chi connectivity index (χ1n) is 6.07. The standard InChI is InChI=1S/C11H25NO3S/c1-4-11(5-2,6-3)12-16(14,15)10-8-7-9-13/h12-13H,4-10H2,1-3H3. The Labute approximate surface area is 99.5 Å². The minimum atomic E-state index is -3.21. The molecule has 0 saturated carbocycles. The van der Waals surface area contributed by atoms with E-state index in [9.17, 15) is 8.42 Å². The van der Waals surface area contributed by atoms with Crippen LogP contribution in [0.3, 0.4) is 0 Å². The Morgan fingerprint density at radius 1 is 1.06 bits per heavy atom. The second-order valence-corrected chi connectivity index (χ2v) is 6.03. The molecular weight excluding hydrogens is 226 g/mol. The third kappa shape index (κ3) is 5.27. The molecule has 4 nitrogen and oxygen atoms in total. The average Bonchev–Trinajstić information content (AvgIpc) is 2.26. The van der Waals surface area contributed by atoms with Gasteiger partial charge in [0.2, 0.25) is 10.0 Å². The topological polar surface area (TPSA) is 66.4 Å². The van der Waals surface area contributed by atoms with Crippen molar-refractivity contribution in [2.24, 2.45) is 0 Å². The first-order valence-corrected chi connectivity index (χ1v) is 7.73. The molecule has 98 valence electrons. The van der Waals surface area contributed by atoms with Crippen LogP contribution in [0, 0.1) is 0 Å². The largest absolute Gasteiger partial charge is 0.396 e. The molecule has 0 radical (unpaired) electrons. The Morgan fingerprint density at radius 3 is 1.94 bits per heavy atom. The van der Waals surface area contributed by atoms with E-state index in [1.807, 2.05) is 20.8 Å². The molecule has 0 atom stereocenters. The highest BCUT2D eigenvalue weighted by molar-refractivity contribution is 7.89. The Balaban J connectivity index is 4.42. The van der Waals surface area contributed by atoms with E-state index >= 15 is 0 Å². The van der Waals surface area contributed by atoms with Gasteiger partial charge in [0.15, 0.2) is 0 Å². The summed E-state index contributed by atoms with van der Waals surface area (Å²) in [4.78, 5) is 0. The summed E-state index contributed by atoms with van der Waals surface area (Å²) < 4.78 is 26.4. The second kappa shape index (κ2) is 7.25. The number of hydrogen-bond donors (Lipinski definition) is 2. The molecule has 0 rings (SSSR count). The first kappa shape index (κ1) is 15.9. The molecular formula is C11H25NO3S. The number of sulfonamides is 1. The monoisotopic (exact) mass is 251 g/mol. The lowest BCUT2D eigenvalue weighted by atomic mass is 9.91. The maximum atomic E-state index is 11.8. The number of aliphatic hydroxyl groups excluding tert-OH is 1. The van der Waals surface area contributed by atoms with E-state index in [0.717, 1.165) is 19.3 Å². The highest BCUT2D eigenvalue weighted by atomic mass is 32.2. The normalized spacial score (nSPS) is 13.0. The zero-order valence-electron chi connectivity index (χ0n) is 10.6. The molecule has 0 aliphatic carbocycles. The van der Waals surface area contributed by atoms with Gasteiger partial charge in [-0.25, -0.2) is 13.1 Å². The molecule has 0 saturated heterocycles. The van der Waals surface area contributed by atoms with Crippen molar-refractivity contribution in [3.63, 3.8) is 0 Å². The highest BCUT2D eigenvalue weighted by Gasteiger charge is 2.28. The van der Waals surface area contributed by atoms with Gasteiger partial charge in [-0.1, -0.05) is 20.8 Å². The smallest absolute Gasteiger partial charge is 0.212 e. The van der Waals surface area contributed by atoms with Crippen molar-refractivity contribution in [2.75, 3.05) is 12.4 Å². The van der Waals surface area contributed by atoms with E-state index in [-0.39, 0.29) is 17.9 Å². The average molecular weight is 251 g/mol. The molecule has 16 heavy (non-hydrogen) atoms. The van der Waals surface area contributed by atoms with Gasteiger partial charge in [0.05, 0.1) is 5.75 Å². The molecule has 0 aliphatic rings. The van der Waals surface area contributed by atoms with Gasteiger partial charge in [0, 0.05) is 12.1 Å². The summed E-state index contributed by atoms with van der Waals surface area (Å²) in [5, 5.41) is 8.62. The number of unbranched alkanes of at least 4 members (excludes halogenated alkanes) is 1. The van der Waals surface area contributed by atoms with Gasteiger partial charge in [-0.2, -0.15) is 0 Å². The van der Waals surface area contributed by atoms with E-state index in [2.05, 4.69) is 4.72 Å². The molecule has 0 aromatic rings. The van der Waals surface area contributed by atoms with Crippen LogP contribution in [-0.2, 0) is 10.0 Å². The maximum Gasteiger partial charge on any atom is 0.212 e. The van der Waals surface area contributed by atoms with Crippen LogP contribution >= 0.6 is 0 Å². The van der Waals surface area contributed by atoms with Crippen LogP contribution in [0.4, 0.5) is 0 Å². The van der Waals surface area contributed by atoms with E-state index in [1.54, 1.807) is 0 Å². The zero-order valence-corrected chi connectivity index (χ0v) is 11.4. The fourth-order valence-electron chi connectivity index (χ4n) is 1.75. The lowest BCUT2D eigenvalue weighted by molar-refractivity contribution is 0.287. The van der Waals surface area contributed by atoms with Gasteiger partial charge in [0.25, 0.3) is 0 Å². The second-order valence-electron chi connectivity index (χ2n) is 4.19. The van der Waals surface area contributed by atoms with Crippen molar-refractivity contribution in [3.8, 4) is 0 Å². The fraction of sp³-hybridized carbons (Fsp3) is 1.00. The molecule has 5 heteroatoms. The number of nitrogens with one attached hydrogen (secondary N) is 1. The Morgan fingerprint density at radius 2 is 1.56 bits per heavy atom. The van der Waals surface area contributed by atoms with Gasteiger partial charge in [-0.05, 0) is 32.1 Å². The Kier molecular flexibility index (Phi) is 7.19. The van der Waals surface area contributed by atoms with Crippen LogP contribution in [0.5, 0.6) is 0 Å². The molecule has 0 aliphatic heterocycles. The van der Waals surface area contributed by atoms with Crippen molar-refractivity contribution in [2.45, 2.75) is 58.4 Å². The number of hydrogen-bond acceptors (Lipinski definition) is 3. The van der Waals surface area contributed by atoms with E-state index in [1.165, 1.54) is 0 Å². The summed E-state index contributed by atoms with van der Waals surface area (Å²) in [5.74, 6) is 0.106. The molecule has 0 bridgehead atoms. The minimum Gasteiger partial charge on any atom is -0.396 e. The molecule has 2 N–H and O–H groups in total. The maximum absolute atomic E-state index is 11.8. The molecule has 0 heterocycles. The third-order valence-corrected chi connectivity index (χ3v) is 4.79. The molecule has 0 amide bonds. The summed E-state index contributed by atoms with van der Waals surface area (Å²) in [7, 11) is -3.21. The van der Waals surface area contributed by atoms with Gasteiger partial charge in [-0.3, -0.25) is 0 Å². The van der Waals surface area contributed by atoms with Gasteiger partial charge in [-0.15, -0.1) is 0 Å². The van der Waals surface area contributed by atoms with Crippen molar-refractivity contribution < 1.29 is 13.5 Å². The van der Waals surface area contributed by atoms with Crippen LogP contribution in [0.25, 0.3) is 0 Å². The van der Waals surface area contributed by atoms with Crippen molar-refractivity contribution in [3.05, 3.63) is 0 Å². The SMILES string of the molecule is CCC(CC)(CC)NS(=O)(=O)CCCCO. The minimum absolute atomic E-state index is 0.0516. The van der Waals surface area contributed by atoms with Gasteiger partial charge < -0.3 is 5.11 Å². The van der Waals surface area contributed by atoms with Crippen LogP contribution in [0.15, 0.2) is 0 Å². The highest BCUT2D eigenvalue weighted by Crippen LogP contribution is 2.20.